The van der Waals surface area contributed by atoms with E-state index in [1.54, 1.807) is 6.26 Å². The Morgan fingerprint density at radius 1 is 1.00 bits per heavy atom. The third-order valence-electron chi connectivity index (χ3n) is 1.51. The van der Waals surface area contributed by atoms with Gasteiger partial charge in [0, 0.05) is 11.6 Å². The highest BCUT2D eigenvalue weighted by molar-refractivity contribution is 14.0. The number of hydrogen-bond acceptors (Lipinski definition) is 2. The Kier molecular flexibility index (Phi) is 3.28. The SMILES string of the molecule is I.c1ccc(-c2ccon2)cc1. The van der Waals surface area contributed by atoms with Gasteiger partial charge in [0.2, 0.25) is 0 Å². The molecule has 0 fully saturated rings. The van der Waals surface area contributed by atoms with Crippen molar-refractivity contribution in [1.29, 1.82) is 0 Å². The Balaban J connectivity index is 0.000000720. The molecule has 3 heteroatoms. The highest BCUT2D eigenvalue weighted by Crippen LogP contribution is 2.14. The molecule has 0 saturated heterocycles. The Hall–Kier alpha value is -0.840. The lowest BCUT2D eigenvalue weighted by Crippen LogP contribution is -1.73. The summed E-state index contributed by atoms with van der Waals surface area (Å²) in [7, 11) is 0. The normalized spacial score (nSPS) is 9.00. The van der Waals surface area contributed by atoms with E-state index in [9.17, 15) is 0 Å². The van der Waals surface area contributed by atoms with E-state index in [4.69, 9.17) is 4.52 Å². The molecule has 0 amide bonds. The van der Waals surface area contributed by atoms with Gasteiger partial charge in [-0.25, -0.2) is 0 Å². The van der Waals surface area contributed by atoms with Gasteiger partial charge < -0.3 is 4.52 Å². The van der Waals surface area contributed by atoms with Crippen molar-refractivity contribution in [3.63, 3.8) is 0 Å². The van der Waals surface area contributed by atoms with Crippen LogP contribution in [0.25, 0.3) is 11.3 Å². The molecular formula is C9H8INO. The van der Waals surface area contributed by atoms with Crippen LogP contribution >= 0.6 is 24.0 Å². The monoisotopic (exact) mass is 273 g/mol. The highest BCUT2D eigenvalue weighted by atomic mass is 127. The molecule has 12 heavy (non-hydrogen) atoms. The van der Waals surface area contributed by atoms with E-state index < -0.39 is 0 Å². The maximum atomic E-state index is 4.72. The number of halogens is 1. The summed E-state index contributed by atoms with van der Waals surface area (Å²) in [6, 6.07) is 11.8. The Labute approximate surface area is 87.6 Å². The van der Waals surface area contributed by atoms with Crippen LogP contribution in [0.15, 0.2) is 47.2 Å². The average Bonchev–Trinajstić information content (AvgIpc) is 2.58. The van der Waals surface area contributed by atoms with Crippen LogP contribution < -0.4 is 0 Å². The first-order chi connectivity index (χ1) is 5.47. The second-order valence-electron chi connectivity index (χ2n) is 2.25. The zero-order valence-electron chi connectivity index (χ0n) is 6.31. The fraction of sp³-hybridized carbons (Fsp3) is 0. The molecule has 2 rings (SSSR count). The van der Waals surface area contributed by atoms with Crippen molar-refractivity contribution in [3.8, 4) is 11.3 Å². The van der Waals surface area contributed by atoms with Gasteiger partial charge in [-0.1, -0.05) is 35.5 Å². The van der Waals surface area contributed by atoms with Crippen LogP contribution in [0, 0.1) is 0 Å². The number of nitrogens with zero attached hydrogens (tertiary/aromatic N) is 1. The average molecular weight is 273 g/mol. The van der Waals surface area contributed by atoms with Crippen molar-refractivity contribution in [3.05, 3.63) is 42.7 Å². The zero-order valence-corrected chi connectivity index (χ0v) is 8.64. The minimum absolute atomic E-state index is 0. The first kappa shape index (κ1) is 9.25. The zero-order chi connectivity index (χ0) is 7.52. The van der Waals surface area contributed by atoms with Crippen molar-refractivity contribution in [2.75, 3.05) is 0 Å². The molecule has 0 N–H and O–H groups in total. The third kappa shape index (κ3) is 1.85. The van der Waals surface area contributed by atoms with Crippen LogP contribution in [0.1, 0.15) is 0 Å². The number of hydrogen-bond donors (Lipinski definition) is 0. The summed E-state index contributed by atoms with van der Waals surface area (Å²) in [5.41, 5.74) is 1.96. The summed E-state index contributed by atoms with van der Waals surface area (Å²) in [6.45, 7) is 0. The van der Waals surface area contributed by atoms with Crippen molar-refractivity contribution in [2.24, 2.45) is 0 Å². The molecule has 0 saturated carbocycles. The second-order valence-corrected chi connectivity index (χ2v) is 2.25. The molecule has 1 heterocycles. The summed E-state index contributed by atoms with van der Waals surface area (Å²) >= 11 is 0. The molecule has 0 aliphatic heterocycles. The van der Waals surface area contributed by atoms with Crippen LogP contribution in [0.3, 0.4) is 0 Å². The minimum atomic E-state index is 0. The molecule has 0 bridgehead atoms. The van der Waals surface area contributed by atoms with Crippen molar-refractivity contribution in [1.82, 2.24) is 5.16 Å². The first-order valence-corrected chi connectivity index (χ1v) is 3.42. The minimum Gasteiger partial charge on any atom is -0.364 e. The van der Waals surface area contributed by atoms with Gasteiger partial charge in [-0.2, -0.15) is 0 Å². The maximum Gasteiger partial charge on any atom is 0.124 e. The van der Waals surface area contributed by atoms with Gasteiger partial charge in [0.1, 0.15) is 12.0 Å². The van der Waals surface area contributed by atoms with Gasteiger partial charge in [0.05, 0.1) is 0 Å². The van der Waals surface area contributed by atoms with E-state index in [1.165, 1.54) is 0 Å². The highest BCUT2D eigenvalue weighted by Gasteiger charge is 1.96. The van der Waals surface area contributed by atoms with Crippen LogP contribution in [0.4, 0.5) is 0 Å². The van der Waals surface area contributed by atoms with E-state index in [-0.39, 0.29) is 24.0 Å². The molecule has 0 spiro atoms. The Bertz CT molecular complexity index is 318. The molecule has 1 aromatic heterocycles. The molecule has 0 atom stereocenters. The van der Waals surface area contributed by atoms with Crippen molar-refractivity contribution >= 4 is 24.0 Å². The smallest absolute Gasteiger partial charge is 0.124 e. The molecule has 0 aliphatic carbocycles. The molecule has 0 unspecified atom stereocenters. The van der Waals surface area contributed by atoms with Gasteiger partial charge in [-0.05, 0) is 0 Å². The van der Waals surface area contributed by atoms with Crippen LogP contribution in [-0.4, -0.2) is 5.16 Å². The van der Waals surface area contributed by atoms with Crippen molar-refractivity contribution in [2.45, 2.75) is 0 Å². The van der Waals surface area contributed by atoms with Crippen LogP contribution in [-0.2, 0) is 0 Å². The van der Waals surface area contributed by atoms with Gasteiger partial charge in [-0.3, -0.25) is 0 Å². The topological polar surface area (TPSA) is 26.0 Å². The molecule has 0 radical (unpaired) electrons. The van der Waals surface area contributed by atoms with Crippen LogP contribution in [0.5, 0.6) is 0 Å². The molecule has 2 aromatic rings. The predicted molar refractivity (Wildman–Crippen MR) is 57.4 cm³/mol. The quantitative estimate of drug-likeness (QED) is 0.746. The molecule has 0 aliphatic rings. The van der Waals surface area contributed by atoms with E-state index in [2.05, 4.69) is 5.16 Å². The van der Waals surface area contributed by atoms with E-state index >= 15 is 0 Å². The molecule has 1 aromatic carbocycles. The first-order valence-electron chi connectivity index (χ1n) is 3.42. The predicted octanol–water partition coefficient (Wildman–Crippen LogP) is 2.96. The number of benzene rings is 1. The van der Waals surface area contributed by atoms with E-state index in [1.807, 2.05) is 36.4 Å². The lowest BCUT2D eigenvalue weighted by atomic mass is 10.2. The summed E-state index contributed by atoms with van der Waals surface area (Å²) < 4.78 is 4.72. The van der Waals surface area contributed by atoms with Gasteiger partial charge in [0.25, 0.3) is 0 Å². The van der Waals surface area contributed by atoms with E-state index in [0.717, 1.165) is 11.3 Å². The summed E-state index contributed by atoms with van der Waals surface area (Å²) in [5.74, 6) is 0. The van der Waals surface area contributed by atoms with Gasteiger partial charge in [0.15, 0.2) is 0 Å². The summed E-state index contributed by atoms with van der Waals surface area (Å²) in [5, 5.41) is 3.81. The van der Waals surface area contributed by atoms with Gasteiger partial charge >= 0.3 is 0 Å². The molecule has 2 nitrogen and oxygen atoms in total. The number of aromatic nitrogens is 1. The maximum absolute atomic E-state index is 4.72. The van der Waals surface area contributed by atoms with Gasteiger partial charge in [-0.15, -0.1) is 24.0 Å². The lowest BCUT2D eigenvalue weighted by Gasteiger charge is -1.90. The lowest BCUT2D eigenvalue weighted by molar-refractivity contribution is 0.422. The fourth-order valence-corrected chi connectivity index (χ4v) is 0.970. The molecule has 62 valence electrons. The Morgan fingerprint density at radius 3 is 2.33 bits per heavy atom. The summed E-state index contributed by atoms with van der Waals surface area (Å²) in [6.07, 6.45) is 1.57. The molecular weight excluding hydrogens is 265 g/mol. The largest absolute Gasteiger partial charge is 0.364 e. The van der Waals surface area contributed by atoms with E-state index in [0.29, 0.717) is 0 Å². The summed E-state index contributed by atoms with van der Waals surface area (Å²) in [4.78, 5) is 0. The van der Waals surface area contributed by atoms with Crippen LogP contribution in [0.2, 0.25) is 0 Å². The second kappa shape index (κ2) is 4.25. The third-order valence-corrected chi connectivity index (χ3v) is 1.51. The number of rotatable bonds is 1. The van der Waals surface area contributed by atoms with Crippen molar-refractivity contribution < 1.29 is 4.52 Å². The fourth-order valence-electron chi connectivity index (χ4n) is 0.970. The Morgan fingerprint density at radius 2 is 1.75 bits per heavy atom. The standard InChI is InChI=1S/C9H7NO.HI/c1-2-4-8(5-3-1)9-6-7-11-10-9;/h1-7H;1H.